The molecule has 0 saturated heterocycles. The van der Waals surface area contributed by atoms with E-state index in [1.807, 2.05) is 22.9 Å². The van der Waals surface area contributed by atoms with Gasteiger partial charge in [0.25, 0.3) is 0 Å². The normalized spacial score (nSPS) is 10.5. The Morgan fingerprint density at radius 2 is 2.13 bits per heavy atom. The summed E-state index contributed by atoms with van der Waals surface area (Å²) in [6.45, 7) is 4.17. The molecule has 0 aliphatic carbocycles. The number of hydrogen-bond donors (Lipinski definition) is 1. The van der Waals surface area contributed by atoms with Gasteiger partial charge in [0.15, 0.2) is 0 Å². The Balaban J connectivity index is 2.53. The van der Waals surface area contributed by atoms with E-state index in [-0.39, 0.29) is 0 Å². The van der Waals surface area contributed by atoms with Gasteiger partial charge in [0.05, 0.1) is 5.69 Å². The minimum atomic E-state index is 0.577. The van der Waals surface area contributed by atoms with Crippen LogP contribution < -0.4 is 5.73 Å². The second-order valence-electron chi connectivity index (χ2n) is 3.66. The first-order valence-electron chi connectivity index (χ1n) is 5.12. The van der Waals surface area contributed by atoms with E-state index in [9.17, 15) is 0 Å². The molecule has 0 bridgehead atoms. The van der Waals surface area contributed by atoms with Crippen molar-refractivity contribution in [1.29, 1.82) is 0 Å². The predicted molar refractivity (Wildman–Crippen MR) is 62.1 cm³/mol. The number of nitrogens with two attached hydrogens (primary N) is 1. The first-order valence-corrected chi connectivity index (χ1v) is 5.12. The molecule has 0 aliphatic rings. The third-order valence-corrected chi connectivity index (χ3v) is 2.41. The molecular formula is C12H15N3. The Morgan fingerprint density at radius 1 is 1.33 bits per heavy atom. The number of nitrogen functional groups attached to an aromatic ring is 1. The SMILES string of the molecule is CCc1cc(N)nn1-c1cccc(C)c1. The van der Waals surface area contributed by atoms with Gasteiger partial charge in [-0.15, -0.1) is 0 Å². The van der Waals surface area contributed by atoms with Gasteiger partial charge in [0, 0.05) is 11.8 Å². The van der Waals surface area contributed by atoms with Crippen LogP contribution in [-0.2, 0) is 6.42 Å². The number of anilines is 1. The molecule has 3 heteroatoms. The fourth-order valence-electron chi connectivity index (χ4n) is 1.68. The Bertz CT molecular complexity index is 471. The standard InChI is InChI=1S/C12H15N3/c1-3-10-8-12(13)14-15(10)11-6-4-5-9(2)7-11/h4-8H,3H2,1-2H3,(H2,13,14). The van der Waals surface area contributed by atoms with Crippen LogP contribution >= 0.6 is 0 Å². The first kappa shape index (κ1) is 9.77. The molecule has 3 nitrogen and oxygen atoms in total. The van der Waals surface area contributed by atoms with Gasteiger partial charge in [-0.05, 0) is 31.0 Å². The smallest absolute Gasteiger partial charge is 0.146 e. The van der Waals surface area contributed by atoms with E-state index >= 15 is 0 Å². The summed E-state index contributed by atoms with van der Waals surface area (Å²) in [5, 5.41) is 4.29. The van der Waals surface area contributed by atoms with E-state index in [1.165, 1.54) is 5.56 Å². The summed E-state index contributed by atoms with van der Waals surface area (Å²) in [5.41, 5.74) is 9.13. The minimum absolute atomic E-state index is 0.577. The molecule has 0 amide bonds. The van der Waals surface area contributed by atoms with Crippen LogP contribution in [0.3, 0.4) is 0 Å². The third-order valence-electron chi connectivity index (χ3n) is 2.41. The van der Waals surface area contributed by atoms with Gasteiger partial charge < -0.3 is 5.73 Å². The highest BCUT2D eigenvalue weighted by molar-refractivity contribution is 5.40. The minimum Gasteiger partial charge on any atom is -0.382 e. The number of hydrogen-bond acceptors (Lipinski definition) is 2. The Labute approximate surface area is 89.5 Å². The molecule has 1 heterocycles. The fourth-order valence-corrected chi connectivity index (χ4v) is 1.68. The second-order valence-corrected chi connectivity index (χ2v) is 3.66. The van der Waals surface area contributed by atoms with Crippen LogP contribution in [0.25, 0.3) is 5.69 Å². The van der Waals surface area contributed by atoms with Gasteiger partial charge in [0.2, 0.25) is 0 Å². The highest BCUT2D eigenvalue weighted by atomic mass is 15.3. The summed E-state index contributed by atoms with van der Waals surface area (Å²) >= 11 is 0. The zero-order valence-corrected chi connectivity index (χ0v) is 9.07. The largest absolute Gasteiger partial charge is 0.382 e. The molecule has 0 spiro atoms. The lowest BCUT2D eigenvalue weighted by molar-refractivity contribution is 0.816. The summed E-state index contributed by atoms with van der Waals surface area (Å²) in [6, 6.07) is 10.2. The van der Waals surface area contributed by atoms with Crippen molar-refractivity contribution in [3.63, 3.8) is 0 Å². The molecule has 2 rings (SSSR count). The van der Waals surface area contributed by atoms with E-state index in [0.717, 1.165) is 17.8 Å². The summed E-state index contributed by atoms with van der Waals surface area (Å²) in [6.07, 6.45) is 0.929. The molecule has 1 aromatic carbocycles. The van der Waals surface area contributed by atoms with E-state index in [0.29, 0.717) is 5.82 Å². The second kappa shape index (κ2) is 3.77. The van der Waals surface area contributed by atoms with Gasteiger partial charge in [-0.25, -0.2) is 4.68 Å². The van der Waals surface area contributed by atoms with Crippen LogP contribution in [0.1, 0.15) is 18.2 Å². The highest BCUT2D eigenvalue weighted by Crippen LogP contribution is 2.15. The zero-order valence-electron chi connectivity index (χ0n) is 9.07. The molecule has 0 aliphatic heterocycles. The van der Waals surface area contributed by atoms with Crippen molar-refractivity contribution in [3.8, 4) is 5.69 Å². The number of benzene rings is 1. The average Bonchev–Trinajstić information content (AvgIpc) is 2.59. The van der Waals surface area contributed by atoms with Crippen LogP contribution in [0.2, 0.25) is 0 Å². The van der Waals surface area contributed by atoms with Crippen molar-refractivity contribution >= 4 is 5.82 Å². The lowest BCUT2D eigenvalue weighted by atomic mass is 10.2. The van der Waals surface area contributed by atoms with E-state index in [4.69, 9.17) is 5.73 Å². The van der Waals surface area contributed by atoms with Crippen molar-refractivity contribution in [3.05, 3.63) is 41.6 Å². The van der Waals surface area contributed by atoms with Crippen molar-refractivity contribution in [1.82, 2.24) is 9.78 Å². The fraction of sp³-hybridized carbons (Fsp3) is 0.250. The third kappa shape index (κ3) is 1.86. The van der Waals surface area contributed by atoms with Gasteiger partial charge >= 0.3 is 0 Å². The summed E-state index contributed by atoms with van der Waals surface area (Å²) in [7, 11) is 0. The van der Waals surface area contributed by atoms with Gasteiger partial charge in [-0.1, -0.05) is 19.1 Å². The van der Waals surface area contributed by atoms with Gasteiger partial charge in [0.1, 0.15) is 5.82 Å². The van der Waals surface area contributed by atoms with Crippen molar-refractivity contribution in [2.24, 2.45) is 0 Å². The molecular weight excluding hydrogens is 186 g/mol. The molecule has 2 N–H and O–H groups in total. The Hall–Kier alpha value is -1.77. The maximum atomic E-state index is 5.70. The maximum absolute atomic E-state index is 5.70. The summed E-state index contributed by atoms with van der Waals surface area (Å²) < 4.78 is 1.91. The Kier molecular flexibility index (Phi) is 2.46. The number of aromatic nitrogens is 2. The van der Waals surface area contributed by atoms with E-state index in [2.05, 4.69) is 31.1 Å². The van der Waals surface area contributed by atoms with E-state index in [1.54, 1.807) is 0 Å². The van der Waals surface area contributed by atoms with Crippen molar-refractivity contribution in [2.45, 2.75) is 20.3 Å². The molecule has 0 radical (unpaired) electrons. The van der Waals surface area contributed by atoms with Crippen LogP contribution in [-0.4, -0.2) is 9.78 Å². The number of aryl methyl sites for hydroxylation is 2. The van der Waals surface area contributed by atoms with Crippen molar-refractivity contribution < 1.29 is 0 Å². The molecule has 1 aromatic heterocycles. The molecule has 0 fully saturated rings. The lowest BCUT2D eigenvalue weighted by Gasteiger charge is -2.05. The predicted octanol–water partition coefficient (Wildman–Crippen LogP) is 2.33. The quantitative estimate of drug-likeness (QED) is 0.810. The lowest BCUT2D eigenvalue weighted by Crippen LogP contribution is -2.01. The topological polar surface area (TPSA) is 43.8 Å². The highest BCUT2D eigenvalue weighted by Gasteiger charge is 2.05. The van der Waals surface area contributed by atoms with Crippen LogP contribution in [0.15, 0.2) is 30.3 Å². The van der Waals surface area contributed by atoms with Crippen LogP contribution in [0.4, 0.5) is 5.82 Å². The van der Waals surface area contributed by atoms with Crippen LogP contribution in [0, 0.1) is 6.92 Å². The summed E-state index contributed by atoms with van der Waals surface area (Å²) in [4.78, 5) is 0. The Morgan fingerprint density at radius 3 is 2.80 bits per heavy atom. The summed E-state index contributed by atoms with van der Waals surface area (Å²) in [5.74, 6) is 0.577. The number of nitrogens with zero attached hydrogens (tertiary/aromatic N) is 2. The molecule has 78 valence electrons. The first-order chi connectivity index (χ1) is 7.20. The van der Waals surface area contributed by atoms with Crippen molar-refractivity contribution in [2.75, 3.05) is 5.73 Å². The molecule has 15 heavy (non-hydrogen) atoms. The maximum Gasteiger partial charge on any atom is 0.146 e. The molecule has 0 saturated carbocycles. The average molecular weight is 201 g/mol. The number of rotatable bonds is 2. The zero-order chi connectivity index (χ0) is 10.8. The van der Waals surface area contributed by atoms with Gasteiger partial charge in [-0.2, -0.15) is 5.10 Å². The van der Waals surface area contributed by atoms with E-state index < -0.39 is 0 Å². The monoisotopic (exact) mass is 201 g/mol. The van der Waals surface area contributed by atoms with Gasteiger partial charge in [-0.3, -0.25) is 0 Å². The molecule has 2 aromatic rings. The molecule has 0 atom stereocenters. The van der Waals surface area contributed by atoms with Crippen LogP contribution in [0.5, 0.6) is 0 Å². The molecule has 0 unspecified atom stereocenters.